The number of phenolic OH excluding ortho intramolecular Hbond substituents is 1. The summed E-state index contributed by atoms with van der Waals surface area (Å²) in [4.78, 5) is 32.4. The maximum Gasteiger partial charge on any atom is 0.227 e. The van der Waals surface area contributed by atoms with E-state index in [-0.39, 0.29) is 73.9 Å². The lowest BCUT2D eigenvalue weighted by atomic mass is 9.83. The Balaban J connectivity index is 1.76. The summed E-state index contributed by atoms with van der Waals surface area (Å²) < 4.78 is 33.3. The molecule has 5 atom stereocenters. The highest BCUT2D eigenvalue weighted by Crippen LogP contribution is 2.36. The average molecular weight is 735 g/mol. The molecule has 15 nitrogen and oxygen atoms in total. The molecule has 2 aliphatic rings. The fraction of sp³-hybridized carbons (Fsp3) is 0.622. The molecule has 2 saturated heterocycles. The maximum atomic E-state index is 14.7. The Morgan fingerprint density at radius 1 is 0.904 bits per heavy atom. The lowest BCUT2D eigenvalue weighted by molar-refractivity contribution is -0.228. The predicted molar refractivity (Wildman–Crippen MR) is 188 cm³/mol. The number of rotatable bonds is 19. The van der Waals surface area contributed by atoms with E-state index in [0.29, 0.717) is 49.0 Å². The third-order valence-corrected chi connectivity index (χ3v) is 9.61. The third-order valence-electron chi connectivity index (χ3n) is 9.61. The SMILES string of the molecule is CCc1c(O)cc(C[C@@H]2O[C@H](CO)[C@H](O)[C@H](O)[C@H]2O)c(C(=O)c2ccc(OCCN3CCOCC3)c(OC)c2)c1CC(=O)N(CCOC)CCOC. The van der Waals surface area contributed by atoms with Crippen molar-refractivity contribution in [3.05, 3.63) is 52.1 Å². The molecule has 4 rings (SSSR count). The minimum atomic E-state index is -1.64. The number of hydrogen-bond donors (Lipinski definition) is 5. The Morgan fingerprint density at radius 2 is 1.58 bits per heavy atom. The Kier molecular flexibility index (Phi) is 16.1. The van der Waals surface area contributed by atoms with Crippen molar-refractivity contribution in [2.24, 2.45) is 0 Å². The van der Waals surface area contributed by atoms with Gasteiger partial charge in [0.25, 0.3) is 0 Å². The van der Waals surface area contributed by atoms with Crippen LogP contribution in [-0.4, -0.2) is 171 Å². The first kappa shape index (κ1) is 41.4. The van der Waals surface area contributed by atoms with Crippen LogP contribution in [0.15, 0.2) is 24.3 Å². The first-order valence-electron chi connectivity index (χ1n) is 17.7. The largest absolute Gasteiger partial charge is 0.508 e. The normalized spacial score (nSPS) is 22.3. The molecule has 2 aromatic carbocycles. The number of ether oxygens (including phenoxy) is 6. The van der Waals surface area contributed by atoms with E-state index in [1.807, 2.05) is 0 Å². The monoisotopic (exact) mass is 734 g/mol. The number of phenols is 1. The van der Waals surface area contributed by atoms with E-state index in [1.54, 1.807) is 30.0 Å². The van der Waals surface area contributed by atoms with Gasteiger partial charge in [-0.2, -0.15) is 0 Å². The zero-order chi connectivity index (χ0) is 37.8. The van der Waals surface area contributed by atoms with Gasteiger partial charge < -0.3 is 58.9 Å². The van der Waals surface area contributed by atoms with Crippen molar-refractivity contribution in [2.45, 2.75) is 56.7 Å². The number of aliphatic hydroxyl groups excluding tert-OH is 4. The fourth-order valence-electron chi connectivity index (χ4n) is 6.63. The van der Waals surface area contributed by atoms with Gasteiger partial charge in [-0.25, -0.2) is 0 Å². The second kappa shape index (κ2) is 20.2. The molecule has 5 N–H and O–H groups in total. The lowest BCUT2D eigenvalue weighted by Gasteiger charge is -2.40. The van der Waals surface area contributed by atoms with Gasteiger partial charge in [0, 0.05) is 64.5 Å². The Morgan fingerprint density at radius 3 is 2.19 bits per heavy atom. The lowest BCUT2D eigenvalue weighted by Crippen LogP contribution is -2.59. The third kappa shape index (κ3) is 10.2. The molecule has 0 aromatic heterocycles. The van der Waals surface area contributed by atoms with Crippen molar-refractivity contribution < 1.29 is 63.5 Å². The van der Waals surface area contributed by atoms with Crippen molar-refractivity contribution in [1.82, 2.24) is 9.80 Å². The molecule has 2 aromatic rings. The van der Waals surface area contributed by atoms with Crippen LogP contribution in [0.4, 0.5) is 0 Å². The van der Waals surface area contributed by atoms with Gasteiger partial charge in [-0.15, -0.1) is 0 Å². The molecule has 0 bridgehead atoms. The number of nitrogens with zero attached hydrogens (tertiary/aromatic N) is 2. The minimum absolute atomic E-state index is 0.112. The molecule has 290 valence electrons. The topological polar surface area (TPSA) is 197 Å². The number of hydrogen-bond acceptors (Lipinski definition) is 14. The van der Waals surface area contributed by atoms with Crippen LogP contribution in [0.25, 0.3) is 0 Å². The fourth-order valence-corrected chi connectivity index (χ4v) is 6.63. The molecule has 1 amide bonds. The number of morpholine rings is 1. The van der Waals surface area contributed by atoms with Gasteiger partial charge in [0.1, 0.15) is 36.8 Å². The second-order valence-electron chi connectivity index (χ2n) is 12.9. The standard InChI is InChI=1S/C37H54N2O13/c1-5-25-26(21-32(42)39(11-13-47-2)12-14-48-3)33(24(18-27(25)41)20-30-35(44)37(46)36(45)31(22-40)52-30)34(43)23-6-7-28(29(19-23)49-4)51-17-10-38-8-15-50-16-9-38/h6-7,18-19,30-31,35-37,40-41,44-46H,5,8-17,20-22H2,1-4H3/t30-,31+,35-,36-,37+/m0/s1. The summed E-state index contributed by atoms with van der Waals surface area (Å²) in [6.45, 7) is 6.28. The molecule has 15 heteroatoms. The van der Waals surface area contributed by atoms with Crippen molar-refractivity contribution in [1.29, 1.82) is 0 Å². The number of methoxy groups -OCH3 is 3. The molecular weight excluding hydrogens is 680 g/mol. The summed E-state index contributed by atoms with van der Waals surface area (Å²) in [5.41, 5.74) is 1.24. The minimum Gasteiger partial charge on any atom is -0.508 e. The molecule has 0 spiro atoms. The highest BCUT2D eigenvalue weighted by molar-refractivity contribution is 6.12. The highest BCUT2D eigenvalue weighted by atomic mass is 16.5. The van der Waals surface area contributed by atoms with Crippen LogP contribution in [0.3, 0.4) is 0 Å². The van der Waals surface area contributed by atoms with E-state index in [4.69, 9.17) is 28.4 Å². The van der Waals surface area contributed by atoms with Crippen LogP contribution in [0, 0.1) is 0 Å². The number of ketones is 1. The Bertz CT molecular complexity index is 1460. The van der Waals surface area contributed by atoms with Gasteiger partial charge in [0.15, 0.2) is 17.3 Å². The summed E-state index contributed by atoms with van der Waals surface area (Å²) in [7, 11) is 4.53. The first-order valence-corrected chi connectivity index (χ1v) is 17.7. The van der Waals surface area contributed by atoms with E-state index in [0.717, 1.165) is 13.1 Å². The summed E-state index contributed by atoms with van der Waals surface area (Å²) in [6, 6.07) is 6.19. The molecular formula is C37H54N2O13. The molecule has 2 aliphatic heterocycles. The summed E-state index contributed by atoms with van der Waals surface area (Å²) in [5, 5.41) is 52.9. The molecule has 0 unspecified atom stereocenters. The van der Waals surface area contributed by atoms with Crippen LogP contribution in [0.5, 0.6) is 17.2 Å². The van der Waals surface area contributed by atoms with Gasteiger partial charge in [0.2, 0.25) is 5.91 Å². The van der Waals surface area contributed by atoms with E-state index >= 15 is 0 Å². The predicted octanol–water partition coefficient (Wildman–Crippen LogP) is -0.0460. The summed E-state index contributed by atoms with van der Waals surface area (Å²) >= 11 is 0. The number of carbonyl (C=O) groups excluding carboxylic acids is 2. The molecule has 52 heavy (non-hydrogen) atoms. The van der Waals surface area contributed by atoms with Gasteiger partial charge >= 0.3 is 0 Å². The number of aliphatic hydroxyl groups is 4. The average Bonchev–Trinajstić information content (AvgIpc) is 3.15. The van der Waals surface area contributed by atoms with Gasteiger partial charge in [-0.3, -0.25) is 14.5 Å². The number of amides is 1. The van der Waals surface area contributed by atoms with Crippen molar-refractivity contribution in [2.75, 3.05) is 93.7 Å². The quantitative estimate of drug-likeness (QED) is 0.121. The molecule has 0 saturated carbocycles. The van der Waals surface area contributed by atoms with E-state index in [1.165, 1.54) is 27.4 Å². The van der Waals surface area contributed by atoms with Gasteiger partial charge in [-0.05, 0) is 47.4 Å². The zero-order valence-corrected chi connectivity index (χ0v) is 30.5. The Labute approximate surface area is 304 Å². The maximum absolute atomic E-state index is 14.7. The van der Waals surface area contributed by atoms with Crippen molar-refractivity contribution >= 4 is 11.7 Å². The van der Waals surface area contributed by atoms with Gasteiger partial charge in [-0.1, -0.05) is 6.92 Å². The van der Waals surface area contributed by atoms with Crippen LogP contribution in [0.1, 0.15) is 39.5 Å². The van der Waals surface area contributed by atoms with Crippen LogP contribution < -0.4 is 9.47 Å². The number of aromatic hydroxyl groups is 1. The number of benzene rings is 2. The summed E-state index contributed by atoms with van der Waals surface area (Å²) in [6.07, 6.45) is -7.36. The van der Waals surface area contributed by atoms with Gasteiger partial charge in [0.05, 0.1) is 52.7 Å². The van der Waals surface area contributed by atoms with E-state index in [9.17, 15) is 35.1 Å². The number of carbonyl (C=O) groups is 2. The molecule has 2 fully saturated rings. The van der Waals surface area contributed by atoms with Crippen LogP contribution >= 0.6 is 0 Å². The highest BCUT2D eigenvalue weighted by Gasteiger charge is 2.44. The van der Waals surface area contributed by atoms with E-state index < -0.39 is 42.9 Å². The van der Waals surface area contributed by atoms with E-state index in [2.05, 4.69) is 4.90 Å². The first-order chi connectivity index (χ1) is 25.1. The van der Waals surface area contributed by atoms with Crippen LogP contribution in [-0.2, 0) is 43.0 Å². The Hall–Kier alpha value is -3.38. The van der Waals surface area contributed by atoms with Crippen molar-refractivity contribution in [3.63, 3.8) is 0 Å². The zero-order valence-electron chi connectivity index (χ0n) is 30.5. The molecule has 0 aliphatic carbocycles. The van der Waals surface area contributed by atoms with Crippen LogP contribution in [0.2, 0.25) is 0 Å². The molecule has 0 radical (unpaired) electrons. The second-order valence-corrected chi connectivity index (χ2v) is 12.9. The molecule has 2 heterocycles. The summed E-state index contributed by atoms with van der Waals surface area (Å²) in [5.74, 6) is -0.223. The van der Waals surface area contributed by atoms with Crippen molar-refractivity contribution in [3.8, 4) is 17.2 Å². The smallest absolute Gasteiger partial charge is 0.227 e.